The topological polar surface area (TPSA) is 87.7 Å². The molecule has 2 aromatic rings. The normalized spacial score (nSPS) is 12.8. The van der Waals surface area contributed by atoms with E-state index in [1.54, 1.807) is 31.7 Å². The van der Waals surface area contributed by atoms with Crippen molar-refractivity contribution in [3.05, 3.63) is 63.7 Å². The Kier molecular flexibility index (Phi) is 12.8. The minimum atomic E-state index is -0.993. The molecule has 2 unspecified atom stereocenters. The van der Waals surface area contributed by atoms with Gasteiger partial charge < -0.3 is 20.3 Å². The third-order valence-electron chi connectivity index (χ3n) is 6.30. The van der Waals surface area contributed by atoms with Gasteiger partial charge in [-0.3, -0.25) is 9.59 Å². The van der Waals surface area contributed by atoms with Crippen LogP contribution >= 0.6 is 24.2 Å². The van der Waals surface area contributed by atoms with Crippen LogP contribution in [-0.2, 0) is 14.3 Å². The fourth-order valence-electron chi connectivity index (χ4n) is 4.53. The van der Waals surface area contributed by atoms with Crippen LogP contribution in [0.15, 0.2) is 36.4 Å². The molecule has 7 nitrogen and oxygen atoms in total. The number of rotatable bonds is 12. The van der Waals surface area contributed by atoms with Gasteiger partial charge in [-0.05, 0) is 65.2 Å². The van der Waals surface area contributed by atoms with E-state index in [9.17, 15) is 14.4 Å². The highest BCUT2D eigenvalue weighted by Gasteiger charge is 2.36. The van der Waals surface area contributed by atoms with Gasteiger partial charge in [0.05, 0.1) is 10.7 Å². The largest absolute Gasteiger partial charge is 0.444 e. The minimum absolute atomic E-state index is 0.0361. The van der Waals surface area contributed by atoms with Crippen LogP contribution < -0.4 is 10.6 Å². The monoisotopic (exact) mass is 589 g/mol. The number of thiol groups is 1. The van der Waals surface area contributed by atoms with E-state index < -0.39 is 29.7 Å². The zero-order valence-electron chi connectivity index (χ0n) is 24.8. The second kappa shape index (κ2) is 15.3. The second-order valence-electron chi connectivity index (χ2n) is 11.2. The van der Waals surface area contributed by atoms with Crippen LogP contribution in [0.2, 0.25) is 5.02 Å². The van der Waals surface area contributed by atoms with Gasteiger partial charge in [0.15, 0.2) is 0 Å². The highest BCUT2D eigenvalue weighted by atomic mass is 35.5. The number of ether oxygens (including phenoxy) is 1. The minimum Gasteiger partial charge on any atom is -0.444 e. The standard InChI is InChI=1S/C31H44ClN3O4S/c1-8-9-10-11-15-35(29(37)25(19-40)33-30(38)39-31(5,6)7)27(23-17-20(2)16-21(3)18-23)28(36)34-26-22(4)13-12-14-24(26)32/h12-14,16-18,25,27,40H,8-11,15,19H2,1-7H3,(H,33,38)(H,34,36). The van der Waals surface area contributed by atoms with Crippen LogP contribution in [0.4, 0.5) is 10.5 Å². The van der Waals surface area contributed by atoms with Gasteiger partial charge in [-0.1, -0.05) is 79.2 Å². The third kappa shape index (κ3) is 10.0. The van der Waals surface area contributed by atoms with E-state index in [1.165, 1.54) is 0 Å². The van der Waals surface area contributed by atoms with Crippen molar-refractivity contribution in [3.63, 3.8) is 0 Å². The lowest BCUT2D eigenvalue weighted by Gasteiger charge is -2.34. The predicted molar refractivity (Wildman–Crippen MR) is 166 cm³/mol. The summed E-state index contributed by atoms with van der Waals surface area (Å²) >= 11 is 10.8. The summed E-state index contributed by atoms with van der Waals surface area (Å²) < 4.78 is 5.39. The summed E-state index contributed by atoms with van der Waals surface area (Å²) in [5.74, 6) is -0.762. The smallest absolute Gasteiger partial charge is 0.408 e. The molecular weight excluding hydrogens is 546 g/mol. The number of nitrogens with one attached hydrogen (secondary N) is 2. The van der Waals surface area contributed by atoms with E-state index in [0.29, 0.717) is 29.2 Å². The molecule has 2 N–H and O–H groups in total. The summed E-state index contributed by atoms with van der Waals surface area (Å²) in [6.07, 6.45) is 2.92. The summed E-state index contributed by atoms with van der Waals surface area (Å²) in [6.45, 7) is 13.5. The van der Waals surface area contributed by atoms with E-state index in [4.69, 9.17) is 16.3 Å². The third-order valence-corrected chi connectivity index (χ3v) is 6.98. The fourth-order valence-corrected chi connectivity index (χ4v) is 5.05. The lowest BCUT2D eigenvalue weighted by Crippen LogP contribution is -2.53. The van der Waals surface area contributed by atoms with Gasteiger partial charge in [0.2, 0.25) is 5.91 Å². The van der Waals surface area contributed by atoms with Gasteiger partial charge in [-0.25, -0.2) is 4.79 Å². The Bertz CT molecular complexity index is 1140. The number of hydrogen-bond donors (Lipinski definition) is 3. The number of alkyl carbamates (subject to hydrolysis) is 1. The molecule has 0 aromatic heterocycles. The Labute approximate surface area is 249 Å². The quantitative estimate of drug-likeness (QED) is 0.181. The van der Waals surface area contributed by atoms with Crippen molar-refractivity contribution in [2.75, 3.05) is 17.6 Å². The number of unbranched alkanes of at least 4 members (excludes halogenated alkanes) is 3. The number of anilines is 1. The van der Waals surface area contributed by atoms with E-state index in [0.717, 1.165) is 36.0 Å². The maximum atomic E-state index is 14.1. The molecular formula is C31H44ClN3O4S. The molecule has 2 aromatic carbocycles. The molecule has 40 heavy (non-hydrogen) atoms. The highest BCUT2D eigenvalue weighted by molar-refractivity contribution is 7.80. The van der Waals surface area contributed by atoms with Gasteiger partial charge in [-0.15, -0.1) is 0 Å². The summed E-state index contributed by atoms with van der Waals surface area (Å²) in [5.41, 5.74) is 3.19. The SMILES string of the molecule is CCCCCCN(C(=O)C(CS)NC(=O)OC(C)(C)C)C(C(=O)Nc1c(C)cccc1Cl)c1cc(C)cc(C)c1. The predicted octanol–water partition coefficient (Wildman–Crippen LogP) is 7.18. The van der Waals surface area contributed by atoms with Crippen LogP contribution in [-0.4, -0.2) is 46.7 Å². The van der Waals surface area contributed by atoms with Crippen molar-refractivity contribution in [3.8, 4) is 0 Å². The van der Waals surface area contributed by atoms with Crippen LogP contribution in [0.3, 0.4) is 0 Å². The van der Waals surface area contributed by atoms with Crippen molar-refractivity contribution in [2.45, 2.75) is 91.8 Å². The molecule has 9 heteroatoms. The van der Waals surface area contributed by atoms with E-state index >= 15 is 0 Å². The van der Waals surface area contributed by atoms with Gasteiger partial charge in [0, 0.05) is 12.3 Å². The van der Waals surface area contributed by atoms with E-state index in [1.807, 2.05) is 51.1 Å². The number of carbonyl (C=O) groups excluding carboxylic acids is 3. The Morgan fingerprint density at radius 1 is 1.02 bits per heavy atom. The number of amides is 3. The van der Waals surface area contributed by atoms with E-state index in [-0.39, 0.29) is 11.7 Å². The van der Waals surface area contributed by atoms with Crippen molar-refractivity contribution in [1.82, 2.24) is 10.2 Å². The molecule has 0 saturated carbocycles. The first kappa shape index (κ1) is 33.5. The molecule has 0 heterocycles. The van der Waals surface area contributed by atoms with Gasteiger partial charge in [-0.2, -0.15) is 12.6 Å². The zero-order chi connectivity index (χ0) is 30.0. The number of aryl methyl sites for hydroxylation is 3. The second-order valence-corrected chi connectivity index (χ2v) is 12.0. The van der Waals surface area contributed by atoms with Crippen LogP contribution in [0.25, 0.3) is 0 Å². The Hall–Kier alpha value is -2.71. The Morgan fingerprint density at radius 3 is 2.23 bits per heavy atom. The first-order valence-corrected chi connectivity index (χ1v) is 14.8. The van der Waals surface area contributed by atoms with Crippen molar-refractivity contribution in [1.29, 1.82) is 0 Å². The van der Waals surface area contributed by atoms with Gasteiger partial charge >= 0.3 is 6.09 Å². The summed E-state index contributed by atoms with van der Waals surface area (Å²) in [4.78, 5) is 42.4. The molecule has 0 saturated heterocycles. The molecule has 3 amide bonds. The number of halogens is 1. The first-order valence-electron chi connectivity index (χ1n) is 13.8. The van der Waals surface area contributed by atoms with Crippen molar-refractivity contribution >= 4 is 47.8 Å². The number of carbonyl (C=O) groups is 3. The number of benzene rings is 2. The molecule has 0 aliphatic heterocycles. The highest BCUT2D eigenvalue weighted by Crippen LogP contribution is 2.30. The van der Waals surface area contributed by atoms with Crippen LogP contribution in [0, 0.1) is 20.8 Å². The Morgan fingerprint density at radius 2 is 1.68 bits per heavy atom. The summed E-state index contributed by atoms with van der Waals surface area (Å²) in [6, 6.07) is 9.29. The summed E-state index contributed by atoms with van der Waals surface area (Å²) in [5, 5.41) is 6.06. The molecule has 220 valence electrons. The van der Waals surface area contributed by atoms with E-state index in [2.05, 4.69) is 30.2 Å². The lowest BCUT2D eigenvalue weighted by atomic mass is 9.98. The van der Waals surface area contributed by atoms with Crippen molar-refractivity contribution < 1.29 is 19.1 Å². The molecule has 0 fully saturated rings. The maximum absolute atomic E-state index is 14.1. The number of para-hydroxylation sites is 1. The van der Waals surface area contributed by atoms with Gasteiger partial charge in [0.25, 0.3) is 5.91 Å². The molecule has 0 bridgehead atoms. The van der Waals surface area contributed by atoms with Crippen LogP contribution in [0.5, 0.6) is 0 Å². The first-order chi connectivity index (χ1) is 18.8. The van der Waals surface area contributed by atoms with Gasteiger partial charge in [0.1, 0.15) is 17.7 Å². The fraction of sp³-hybridized carbons (Fsp3) is 0.516. The lowest BCUT2D eigenvalue weighted by molar-refractivity contribution is -0.140. The average Bonchev–Trinajstić information content (AvgIpc) is 2.84. The molecule has 0 aliphatic rings. The molecule has 2 rings (SSSR count). The Balaban J connectivity index is 2.57. The zero-order valence-corrected chi connectivity index (χ0v) is 26.4. The number of hydrogen-bond acceptors (Lipinski definition) is 5. The molecule has 0 radical (unpaired) electrons. The number of nitrogens with zero attached hydrogens (tertiary/aromatic N) is 1. The molecule has 2 atom stereocenters. The molecule has 0 spiro atoms. The maximum Gasteiger partial charge on any atom is 0.408 e. The molecule has 0 aliphatic carbocycles. The summed E-state index contributed by atoms with van der Waals surface area (Å²) in [7, 11) is 0. The average molecular weight is 590 g/mol. The van der Waals surface area contributed by atoms with Crippen molar-refractivity contribution in [2.24, 2.45) is 0 Å². The van der Waals surface area contributed by atoms with Crippen LogP contribution in [0.1, 0.15) is 81.7 Å².